The Morgan fingerprint density at radius 1 is 1.50 bits per heavy atom. The van der Waals surface area contributed by atoms with Crippen molar-refractivity contribution in [3.05, 3.63) is 34.9 Å². The molecule has 16 heavy (non-hydrogen) atoms. The van der Waals surface area contributed by atoms with Crippen LogP contribution in [0.15, 0.2) is 24.3 Å². The molecule has 1 aromatic carbocycles. The number of benzene rings is 1. The third kappa shape index (κ3) is 3.44. The average molecular weight is 246 g/mol. The van der Waals surface area contributed by atoms with Crippen molar-refractivity contribution in [2.75, 3.05) is 20.3 Å². The predicted octanol–water partition coefficient (Wildman–Crippen LogP) is 2.89. The molecule has 0 spiro atoms. The zero-order valence-corrected chi connectivity index (χ0v) is 10.1. The van der Waals surface area contributed by atoms with E-state index in [1.54, 1.807) is 24.3 Å². The van der Waals surface area contributed by atoms with Crippen molar-refractivity contribution in [3.8, 4) is 0 Å². The van der Waals surface area contributed by atoms with E-state index in [9.17, 15) is 4.39 Å². The number of hydrogen-bond acceptors (Lipinski definition) is 2. The molecular weight excluding hydrogens is 229 g/mol. The van der Waals surface area contributed by atoms with E-state index in [0.29, 0.717) is 30.0 Å². The van der Waals surface area contributed by atoms with E-state index in [0.717, 1.165) is 0 Å². The van der Waals surface area contributed by atoms with Crippen molar-refractivity contribution < 1.29 is 9.13 Å². The summed E-state index contributed by atoms with van der Waals surface area (Å²) in [6.07, 6.45) is 0.962. The van der Waals surface area contributed by atoms with Gasteiger partial charge < -0.3 is 10.5 Å². The summed E-state index contributed by atoms with van der Waals surface area (Å²) in [7, 11) is 1.49. The molecule has 1 aromatic rings. The lowest BCUT2D eigenvalue weighted by Crippen LogP contribution is -2.27. The smallest absolute Gasteiger partial charge is 0.159 e. The normalized spacial score (nSPS) is 14.8. The van der Waals surface area contributed by atoms with Gasteiger partial charge in [0.05, 0.1) is 6.61 Å². The second-order valence-electron chi connectivity index (χ2n) is 3.80. The Labute approximate surface area is 101 Å². The first-order valence-corrected chi connectivity index (χ1v) is 5.64. The van der Waals surface area contributed by atoms with E-state index in [4.69, 9.17) is 22.1 Å². The number of alkyl halides is 1. The van der Waals surface area contributed by atoms with Crippen LogP contribution in [0.2, 0.25) is 5.02 Å². The van der Waals surface area contributed by atoms with Crippen LogP contribution < -0.4 is 5.73 Å². The minimum Gasteiger partial charge on any atom is -0.381 e. The molecule has 0 aliphatic carbocycles. The van der Waals surface area contributed by atoms with Gasteiger partial charge in [-0.05, 0) is 37.1 Å². The molecular formula is C12H17ClFNO. The van der Waals surface area contributed by atoms with Crippen molar-refractivity contribution in [2.24, 2.45) is 5.73 Å². The van der Waals surface area contributed by atoms with Gasteiger partial charge in [-0.15, -0.1) is 0 Å². The summed E-state index contributed by atoms with van der Waals surface area (Å²) in [5.74, 6) is 0. The maximum atomic E-state index is 14.7. The van der Waals surface area contributed by atoms with Crippen LogP contribution in [0.4, 0.5) is 4.39 Å². The molecule has 0 aliphatic heterocycles. The molecule has 2 nitrogen and oxygen atoms in total. The number of halogens is 2. The Morgan fingerprint density at radius 2 is 2.25 bits per heavy atom. The fourth-order valence-electron chi connectivity index (χ4n) is 1.68. The van der Waals surface area contributed by atoms with Crippen LogP contribution in [0.1, 0.15) is 18.4 Å². The largest absolute Gasteiger partial charge is 0.381 e. The van der Waals surface area contributed by atoms with Gasteiger partial charge in [0.25, 0.3) is 0 Å². The van der Waals surface area contributed by atoms with Crippen molar-refractivity contribution >= 4 is 11.6 Å². The van der Waals surface area contributed by atoms with Gasteiger partial charge in [-0.25, -0.2) is 4.39 Å². The Balaban J connectivity index is 2.91. The van der Waals surface area contributed by atoms with Crippen LogP contribution in [-0.4, -0.2) is 20.3 Å². The minimum atomic E-state index is -1.50. The third-order valence-electron chi connectivity index (χ3n) is 2.49. The fourth-order valence-corrected chi connectivity index (χ4v) is 1.87. The molecule has 1 rings (SSSR count). The van der Waals surface area contributed by atoms with Crippen LogP contribution in [0.3, 0.4) is 0 Å². The lowest BCUT2D eigenvalue weighted by atomic mass is 9.91. The highest BCUT2D eigenvalue weighted by atomic mass is 35.5. The highest BCUT2D eigenvalue weighted by molar-refractivity contribution is 6.30. The molecule has 0 radical (unpaired) electrons. The van der Waals surface area contributed by atoms with E-state index < -0.39 is 5.67 Å². The van der Waals surface area contributed by atoms with Gasteiger partial charge in [-0.2, -0.15) is 0 Å². The topological polar surface area (TPSA) is 35.2 Å². The molecule has 0 aliphatic rings. The third-order valence-corrected chi connectivity index (χ3v) is 2.73. The number of nitrogens with two attached hydrogens (primary N) is 1. The van der Waals surface area contributed by atoms with E-state index >= 15 is 0 Å². The standard InChI is InChI=1S/C12H17ClFNO/c1-16-9-12(14,6-3-7-15)10-4-2-5-11(13)8-10/h2,4-5,8H,3,6-7,9,15H2,1H3. The van der Waals surface area contributed by atoms with Crippen LogP contribution >= 0.6 is 11.6 Å². The quantitative estimate of drug-likeness (QED) is 0.837. The fraction of sp³-hybridized carbons (Fsp3) is 0.500. The molecule has 2 N–H and O–H groups in total. The number of ether oxygens (including phenoxy) is 1. The highest BCUT2D eigenvalue weighted by Gasteiger charge is 2.31. The Bertz CT molecular complexity index is 335. The summed E-state index contributed by atoms with van der Waals surface area (Å²) in [4.78, 5) is 0. The molecule has 0 saturated heterocycles. The first-order chi connectivity index (χ1) is 7.62. The van der Waals surface area contributed by atoms with Crippen LogP contribution in [0.5, 0.6) is 0 Å². The van der Waals surface area contributed by atoms with Crippen molar-refractivity contribution in [1.82, 2.24) is 0 Å². The molecule has 90 valence electrons. The Morgan fingerprint density at radius 3 is 2.81 bits per heavy atom. The first-order valence-electron chi connectivity index (χ1n) is 5.26. The van der Waals surface area contributed by atoms with Crippen molar-refractivity contribution in [1.29, 1.82) is 0 Å². The average Bonchev–Trinajstić information content (AvgIpc) is 2.27. The van der Waals surface area contributed by atoms with Crippen LogP contribution in [-0.2, 0) is 10.4 Å². The second-order valence-corrected chi connectivity index (χ2v) is 4.24. The zero-order valence-electron chi connectivity index (χ0n) is 9.38. The van der Waals surface area contributed by atoms with Gasteiger partial charge in [0.2, 0.25) is 0 Å². The lowest BCUT2D eigenvalue weighted by molar-refractivity contribution is 0.0304. The van der Waals surface area contributed by atoms with E-state index in [2.05, 4.69) is 0 Å². The van der Waals surface area contributed by atoms with Crippen LogP contribution in [0, 0.1) is 0 Å². The molecule has 0 aromatic heterocycles. The molecule has 0 bridgehead atoms. The molecule has 0 heterocycles. The summed E-state index contributed by atoms with van der Waals surface area (Å²) in [5.41, 5.74) is 4.46. The maximum absolute atomic E-state index is 14.7. The lowest BCUT2D eigenvalue weighted by Gasteiger charge is -2.25. The molecule has 4 heteroatoms. The Hall–Kier alpha value is -0.640. The summed E-state index contributed by atoms with van der Waals surface area (Å²) in [5, 5.41) is 0.531. The summed E-state index contributed by atoms with van der Waals surface area (Å²) < 4.78 is 19.6. The van der Waals surface area contributed by atoms with Gasteiger partial charge in [-0.3, -0.25) is 0 Å². The molecule has 0 amide bonds. The van der Waals surface area contributed by atoms with Gasteiger partial charge in [0, 0.05) is 12.1 Å². The highest BCUT2D eigenvalue weighted by Crippen LogP contribution is 2.32. The summed E-state index contributed by atoms with van der Waals surface area (Å²) >= 11 is 5.85. The predicted molar refractivity (Wildman–Crippen MR) is 64.4 cm³/mol. The second kappa shape index (κ2) is 6.18. The number of rotatable bonds is 6. The van der Waals surface area contributed by atoms with E-state index in [1.165, 1.54) is 7.11 Å². The number of hydrogen-bond donors (Lipinski definition) is 1. The van der Waals surface area contributed by atoms with Gasteiger partial charge >= 0.3 is 0 Å². The van der Waals surface area contributed by atoms with E-state index in [-0.39, 0.29) is 6.61 Å². The number of methoxy groups -OCH3 is 1. The van der Waals surface area contributed by atoms with Gasteiger partial charge in [-0.1, -0.05) is 23.7 Å². The molecule has 1 atom stereocenters. The zero-order chi connectivity index (χ0) is 12.0. The molecule has 0 fully saturated rings. The van der Waals surface area contributed by atoms with Crippen molar-refractivity contribution in [3.63, 3.8) is 0 Å². The summed E-state index contributed by atoms with van der Waals surface area (Å²) in [6.45, 7) is 0.489. The SMILES string of the molecule is COCC(F)(CCCN)c1cccc(Cl)c1. The molecule has 1 unspecified atom stereocenters. The Kier molecular flexibility index (Phi) is 5.19. The maximum Gasteiger partial charge on any atom is 0.159 e. The first kappa shape index (κ1) is 13.4. The minimum absolute atomic E-state index is 0.0212. The van der Waals surface area contributed by atoms with Gasteiger partial charge in [0.15, 0.2) is 5.67 Å². The van der Waals surface area contributed by atoms with Crippen molar-refractivity contribution in [2.45, 2.75) is 18.5 Å². The van der Waals surface area contributed by atoms with E-state index in [1.807, 2.05) is 0 Å². The summed E-state index contributed by atoms with van der Waals surface area (Å²) in [6, 6.07) is 6.82. The van der Waals surface area contributed by atoms with Gasteiger partial charge in [0.1, 0.15) is 0 Å². The molecule has 0 saturated carbocycles. The monoisotopic (exact) mass is 245 g/mol. The van der Waals surface area contributed by atoms with Crippen LogP contribution in [0.25, 0.3) is 0 Å².